The lowest BCUT2D eigenvalue weighted by atomic mass is 10.2. The van der Waals surface area contributed by atoms with Crippen LogP contribution in [0.1, 0.15) is 10.4 Å². The van der Waals surface area contributed by atoms with Crippen molar-refractivity contribution in [1.29, 1.82) is 0 Å². The molecule has 2 heterocycles. The largest absolute Gasteiger partial charge is 0.497 e. The molecule has 0 aliphatic carbocycles. The fraction of sp³-hybridized carbons (Fsp3) is 0.0556. The van der Waals surface area contributed by atoms with E-state index in [1.807, 2.05) is 30.3 Å². The van der Waals surface area contributed by atoms with Crippen molar-refractivity contribution < 1.29 is 9.53 Å². The number of methoxy groups -OCH3 is 1. The van der Waals surface area contributed by atoms with Gasteiger partial charge in [-0.05, 0) is 36.4 Å². The van der Waals surface area contributed by atoms with Gasteiger partial charge in [-0.15, -0.1) is 0 Å². The first-order valence-corrected chi connectivity index (χ1v) is 7.09. The molecule has 0 radical (unpaired) electrons. The minimum atomic E-state index is -0.224. The number of nitrogens with one attached hydrogen (secondary N) is 1. The van der Waals surface area contributed by atoms with Crippen LogP contribution in [0.5, 0.6) is 5.75 Å². The molecule has 0 aliphatic rings. The molecule has 114 valence electrons. The molecule has 1 aromatic carbocycles. The van der Waals surface area contributed by atoms with Crippen LogP contribution in [-0.2, 0) is 0 Å². The fourth-order valence-corrected chi connectivity index (χ4v) is 2.10. The second-order valence-electron chi connectivity index (χ2n) is 4.83. The summed E-state index contributed by atoms with van der Waals surface area (Å²) in [5, 5.41) is 2.82. The zero-order valence-corrected chi connectivity index (χ0v) is 12.6. The quantitative estimate of drug-likeness (QED) is 0.802. The summed E-state index contributed by atoms with van der Waals surface area (Å²) >= 11 is 0. The van der Waals surface area contributed by atoms with Crippen molar-refractivity contribution in [3.63, 3.8) is 0 Å². The van der Waals surface area contributed by atoms with Gasteiger partial charge in [0.25, 0.3) is 5.91 Å². The lowest BCUT2D eigenvalue weighted by molar-refractivity contribution is 0.102. The molecule has 0 aliphatic heterocycles. The van der Waals surface area contributed by atoms with Crippen LogP contribution in [0.2, 0.25) is 0 Å². The average Bonchev–Trinajstić information content (AvgIpc) is 2.63. The molecule has 1 N–H and O–H groups in total. The van der Waals surface area contributed by atoms with Gasteiger partial charge < -0.3 is 10.1 Å². The number of ether oxygens (including phenoxy) is 1. The third-order valence-corrected chi connectivity index (χ3v) is 3.28. The summed E-state index contributed by atoms with van der Waals surface area (Å²) in [7, 11) is 1.58. The minimum Gasteiger partial charge on any atom is -0.497 e. The van der Waals surface area contributed by atoms with Crippen molar-refractivity contribution >= 4 is 11.6 Å². The first-order chi connectivity index (χ1) is 11.3. The highest BCUT2D eigenvalue weighted by Crippen LogP contribution is 2.18. The van der Waals surface area contributed by atoms with Crippen molar-refractivity contribution in [2.24, 2.45) is 0 Å². The molecule has 3 aromatic rings. The Kier molecular flexibility index (Phi) is 4.29. The van der Waals surface area contributed by atoms with E-state index in [1.54, 1.807) is 43.8 Å². The molecule has 5 nitrogen and oxygen atoms in total. The number of pyridine rings is 2. The Morgan fingerprint density at radius 3 is 2.57 bits per heavy atom. The van der Waals surface area contributed by atoms with Gasteiger partial charge in [-0.1, -0.05) is 12.1 Å². The van der Waals surface area contributed by atoms with E-state index in [2.05, 4.69) is 15.3 Å². The molecule has 5 heteroatoms. The van der Waals surface area contributed by atoms with Crippen molar-refractivity contribution in [2.75, 3.05) is 12.4 Å². The first kappa shape index (κ1) is 14.7. The smallest absolute Gasteiger partial charge is 0.257 e. The number of hydrogen-bond acceptors (Lipinski definition) is 4. The number of rotatable bonds is 4. The average molecular weight is 305 g/mol. The third-order valence-electron chi connectivity index (χ3n) is 3.28. The summed E-state index contributed by atoms with van der Waals surface area (Å²) in [5.74, 6) is 0.463. The van der Waals surface area contributed by atoms with Crippen LogP contribution in [0.4, 0.5) is 5.69 Å². The maximum absolute atomic E-state index is 12.3. The molecule has 0 fully saturated rings. The Balaban J connectivity index is 1.75. The number of nitrogens with zero attached hydrogens (tertiary/aromatic N) is 2. The molecule has 1 amide bonds. The molecule has 3 rings (SSSR count). The molecule has 2 aromatic heterocycles. The molecular formula is C18H15N3O2. The summed E-state index contributed by atoms with van der Waals surface area (Å²) in [6.07, 6.45) is 3.25. The Morgan fingerprint density at radius 1 is 1.00 bits per heavy atom. The number of amides is 1. The van der Waals surface area contributed by atoms with Crippen LogP contribution < -0.4 is 10.1 Å². The maximum Gasteiger partial charge on any atom is 0.257 e. The number of benzene rings is 1. The van der Waals surface area contributed by atoms with E-state index in [0.717, 1.165) is 11.4 Å². The highest BCUT2D eigenvalue weighted by atomic mass is 16.5. The molecule has 0 spiro atoms. The van der Waals surface area contributed by atoms with Gasteiger partial charge in [0.1, 0.15) is 5.75 Å². The highest BCUT2D eigenvalue weighted by Gasteiger charge is 2.08. The molecular weight excluding hydrogens is 290 g/mol. The lowest BCUT2D eigenvalue weighted by Gasteiger charge is -2.07. The van der Waals surface area contributed by atoms with E-state index in [4.69, 9.17) is 4.74 Å². The zero-order valence-electron chi connectivity index (χ0n) is 12.6. The van der Waals surface area contributed by atoms with Gasteiger partial charge in [0, 0.05) is 24.1 Å². The standard InChI is InChI=1S/C18H15N3O2/c1-23-15-6-4-5-14(11-15)21-18(22)13-8-9-17(20-12-13)16-7-2-3-10-19-16/h2-12H,1H3,(H,21,22). The fourth-order valence-electron chi connectivity index (χ4n) is 2.10. The van der Waals surface area contributed by atoms with Gasteiger partial charge in [-0.2, -0.15) is 0 Å². The first-order valence-electron chi connectivity index (χ1n) is 7.09. The van der Waals surface area contributed by atoms with E-state index in [-0.39, 0.29) is 5.91 Å². The van der Waals surface area contributed by atoms with Crippen LogP contribution in [0, 0.1) is 0 Å². The lowest BCUT2D eigenvalue weighted by Crippen LogP contribution is -2.12. The third kappa shape index (κ3) is 3.52. The van der Waals surface area contributed by atoms with Crippen LogP contribution >= 0.6 is 0 Å². The number of anilines is 1. The molecule has 0 unspecified atom stereocenters. The number of carbonyl (C=O) groups excluding carboxylic acids is 1. The van der Waals surface area contributed by atoms with E-state index in [9.17, 15) is 4.79 Å². The van der Waals surface area contributed by atoms with Crippen LogP contribution in [-0.4, -0.2) is 23.0 Å². The van der Waals surface area contributed by atoms with Gasteiger partial charge in [0.15, 0.2) is 0 Å². The molecule has 0 saturated carbocycles. The predicted octanol–water partition coefficient (Wildman–Crippen LogP) is 3.40. The van der Waals surface area contributed by atoms with E-state index in [1.165, 1.54) is 0 Å². The minimum absolute atomic E-state index is 0.224. The summed E-state index contributed by atoms with van der Waals surface area (Å²) in [6.45, 7) is 0. The Labute approximate surface area is 134 Å². The topological polar surface area (TPSA) is 64.1 Å². The second-order valence-corrected chi connectivity index (χ2v) is 4.83. The molecule has 0 bridgehead atoms. The van der Waals surface area contributed by atoms with Gasteiger partial charge in [-0.25, -0.2) is 0 Å². The zero-order chi connectivity index (χ0) is 16.1. The second kappa shape index (κ2) is 6.70. The predicted molar refractivity (Wildman–Crippen MR) is 88.4 cm³/mol. The Morgan fingerprint density at radius 2 is 1.87 bits per heavy atom. The van der Waals surface area contributed by atoms with Gasteiger partial charge in [0.05, 0.1) is 24.1 Å². The van der Waals surface area contributed by atoms with Crippen LogP contribution in [0.25, 0.3) is 11.4 Å². The number of aromatic nitrogens is 2. The van der Waals surface area contributed by atoms with Crippen molar-refractivity contribution in [2.45, 2.75) is 0 Å². The highest BCUT2D eigenvalue weighted by molar-refractivity contribution is 6.04. The van der Waals surface area contributed by atoms with Crippen molar-refractivity contribution in [3.8, 4) is 17.1 Å². The van der Waals surface area contributed by atoms with Crippen molar-refractivity contribution in [3.05, 3.63) is 72.6 Å². The Bertz CT molecular complexity index is 802. The summed E-state index contributed by atoms with van der Waals surface area (Å²) < 4.78 is 5.14. The summed E-state index contributed by atoms with van der Waals surface area (Å²) in [6, 6.07) is 16.3. The summed E-state index contributed by atoms with van der Waals surface area (Å²) in [4.78, 5) is 20.8. The monoisotopic (exact) mass is 305 g/mol. The number of carbonyl (C=O) groups is 1. The molecule has 0 atom stereocenters. The maximum atomic E-state index is 12.3. The summed E-state index contributed by atoms with van der Waals surface area (Å²) in [5.41, 5.74) is 2.64. The number of hydrogen-bond donors (Lipinski definition) is 1. The van der Waals surface area contributed by atoms with E-state index in [0.29, 0.717) is 17.0 Å². The van der Waals surface area contributed by atoms with Crippen LogP contribution in [0.3, 0.4) is 0 Å². The Hall–Kier alpha value is -3.21. The molecule has 23 heavy (non-hydrogen) atoms. The normalized spacial score (nSPS) is 10.1. The molecule has 0 saturated heterocycles. The van der Waals surface area contributed by atoms with Gasteiger partial charge in [-0.3, -0.25) is 14.8 Å². The van der Waals surface area contributed by atoms with Gasteiger partial charge >= 0.3 is 0 Å². The SMILES string of the molecule is COc1cccc(NC(=O)c2ccc(-c3ccccn3)nc2)c1. The van der Waals surface area contributed by atoms with Gasteiger partial charge in [0.2, 0.25) is 0 Å². The van der Waals surface area contributed by atoms with E-state index < -0.39 is 0 Å². The van der Waals surface area contributed by atoms with Crippen molar-refractivity contribution in [1.82, 2.24) is 9.97 Å². The van der Waals surface area contributed by atoms with E-state index >= 15 is 0 Å². The van der Waals surface area contributed by atoms with Crippen LogP contribution in [0.15, 0.2) is 67.0 Å².